The maximum Gasteiger partial charge on any atom is 0.243 e. The minimum absolute atomic E-state index is 0.0275. The van der Waals surface area contributed by atoms with Crippen LogP contribution in [-0.4, -0.2) is 56.3 Å². The van der Waals surface area contributed by atoms with Crippen molar-refractivity contribution < 1.29 is 17.9 Å². The summed E-state index contributed by atoms with van der Waals surface area (Å²) >= 11 is 5.95. The van der Waals surface area contributed by atoms with E-state index in [2.05, 4.69) is 0 Å². The molecule has 8 heteroatoms. The summed E-state index contributed by atoms with van der Waals surface area (Å²) < 4.78 is 33.0. The number of nitrogens with zero attached hydrogens (tertiary/aromatic N) is 2. The summed E-state index contributed by atoms with van der Waals surface area (Å²) in [4.78, 5) is 14.6. The Kier molecular flexibility index (Phi) is 7.62. The van der Waals surface area contributed by atoms with Crippen molar-refractivity contribution in [1.29, 1.82) is 0 Å². The molecule has 1 aliphatic rings. The van der Waals surface area contributed by atoms with E-state index in [1.165, 1.54) is 4.31 Å². The molecule has 0 saturated carbocycles. The van der Waals surface area contributed by atoms with Gasteiger partial charge in [-0.2, -0.15) is 4.31 Å². The molecule has 1 saturated heterocycles. The summed E-state index contributed by atoms with van der Waals surface area (Å²) in [6, 6.07) is 10.6. The summed E-state index contributed by atoms with van der Waals surface area (Å²) in [5.74, 6) is 0.793. The predicted octanol–water partition coefficient (Wildman–Crippen LogP) is 3.96. The summed E-state index contributed by atoms with van der Waals surface area (Å²) in [5, 5.41) is 0.665. The first-order valence-electron chi connectivity index (χ1n) is 10.4. The summed E-state index contributed by atoms with van der Waals surface area (Å²) in [6.07, 6.45) is 0.971. The molecule has 1 amide bonds. The Hall–Kier alpha value is -2.09. The van der Waals surface area contributed by atoms with Gasteiger partial charge in [0.05, 0.1) is 11.5 Å². The Balaban J connectivity index is 1.46. The maximum atomic E-state index is 12.9. The normalized spacial score (nSPS) is 15.2. The average Bonchev–Trinajstić information content (AvgIpc) is 2.74. The maximum absolute atomic E-state index is 12.9. The summed E-state index contributed by atoms with van der Waals surface area (Å²) in [6.45, 7) is 7.65. The van der Waals surface area contributed by atoms with Crippen molar-refractivity contribution in [3.8, 4) is 5.75 Å². The van der Waals surface area contributed by atoms with Crippen LogP contribution in [0.4, 0.5) is 0 Å². The highest BCUT2D eigenvalue weighted by Gasteiger charge is 2.30. The zero-order valence-electron chi connectivity index (χ0n) is 18.2. The largest absolute Gasteiger partial charge is 0.493 e. The van der Waals surface area contributed by atoms with Crippen LogP contribution in [0.2, 0.25) is 5.02 Å². The molecule has 2 aromatic carbocycles. The molecule has 6 nitrogen and oxygen atoms in total. The van der Waals surface area contributed by atoms with Crippen LogP contribution in [0.1, 0.15) is 29.5 Å². The lowest BCUT2D eigenvalue weighted by Gasteiger charge is -2.34. The molecule has 0 radical (unpaired) electrons. The number of halogens is 1. The number of sulfonamides is 1. The van der Waals surface area contributed by atoms with Gasteiger partial charge in [-0.25, -0.2) is 8.42 Å². The van der Waals surface area contributed by atoms with Gasteiger partial charge in [-0.3, -0.25) is 4.79 Å². The van der Waals surface area contributed by atoms with Gasteiger partial charge < -0.3 is 9.64 Å². The van der Waals surface area contributed by atoms with Gasteiger partial charge in [0.15, 0.2) is 0 Å². The van der Waals surface area contributed by atoms with Gasteiger partial charge in [-0.15, -0.1) is 0 Å². The molecular weight excluding hydrogens is 436 g/mol. The van der Waals surface area contributed by atoms with E-state index in [-0.39, 0.29) is 5.91 Å². The van der Waals surface area contributed by atoms with E-state index in [4.69, 9.17) is 16.3 Å². The fraction of sp³-hybridized carbons (Fsp3) is 0.435. The summed E-state index contributed by atoms with van der Waals surface area (Å²) in [5.41, 5.74) is 2.97. The number of hydrogen-bond donors (Lipinski definition) is 0. The number of amides is 1. The first kappa shape index (κ1) is 23.6. The number of hydrogen-bond acceptors (Lipinski definition) is 4. The third kappa shape index (κ3) is 5.79. The Morgan fingerprint density at radius 3 is 2.32 bits per heavy atom. The Labute approximate surface area is 189 Å². The van der Waals surface area contributed by atoms with Gasteiger partial charge in [0, 0.05) is 37.6 Å². The van der Waals surface area contributed by atoms with Gasteiger partial charge in [0.2, 0.25) is 15.9 Å². The molecule has 0 spiro atoms. The molecule has 0 unspecified atom stereocenters. The van der Waals surface area contributed by atoms with Crippen LogP contribution in [-0.2, 0) is 14.8 Å². The topological polar surface area (TPSA) is 66.9 Å². The van der Waals surface area contributed by atoms with E-state index in [1.54, 1.807) is 23.1 Å². The smallest absolute Gasteiger partial charge is 0.243 e. The highest BCUT2D eigenvalue weighted by Crippen LogP contribution is 2.23. The number of aryl methyl sites for hydroxylation is 3. The van der Waals surface area contributed by atoms with E-state index >= 15 is 0 Å². The lowest BCUT2D eigenvalue weighted by Crippen LogP contribution is -2.50. The fourth-order valence-electron chi connectivity index (χ4n) is 3.54. The second kappa shape index (κ2) is 10.0. The molecule has 1 aliphatic heterocycles. The third-order valence-electron chi connectivity index (χ3n) is 5.64. The van der Waals surface area contributed by atoms with Gasteiger partial charge in [0.1, 0.15) is 5.75 Å². The number of carbonyl (C=O) groups is 1. The number of piperazine rings is 1. The molecule has 0 bridgehead atoms. The van der Waals surface area contributed by atoms with Crippen molar-refractivity contribution in [2.45, 2.75) is 38.5 Å². The molecule has 0 N–H and O–H groups in total. The van der Waals surface area contributed by atoms with Crippen molar-refractivity contribution in [1.82, 2.24) is 9.21 Å². The van der Waals surface area contributed by atoms with Crippen molar-refractivity contribution in [2.24, 2.45) is 0 Å². The van der Waals surface area contributed by atoms with E-state index in [1.807, 2.05) is 39.0 Å². The minimum Gasteiger partial charge on any atom is -0.493 e. The quantitative estimate of drug-likeness (QED) is 0.582. The standard InChI is InChI=1S/C23H29ClN2O4S/c1-17-6-8-21(16-18(17)2)31(28,29)26-12-10-25(11-13-26)23(27)5-4-14-30-22-9-7-20(24)15-19(22)3/h6-9,15-16H,4-5,10-14H2,1-3H3. The number of ether oxygens (including phenoxy) is 1. The van der Waals surface area contributed by atoms with Crippen molar-refractivity contribution in [3.05, 3.63) is 58.1 Å². The highest BCUT2D eigenvalue weighted by atomic mass is 35.5. The molecular formula is C23H29ClN2O4S. The predicted molar refractivity (Wildman–Crippen MR) is 122 cm³/mol. The molecule has 0 aromatic heterocycles. The Bertz CT molecular complexity index is 1050. The highest BCUT2D eigenvalue weighted by molar-refractivity contribution is 7.89. The van der Waals surface area contributed by atoms with Crippen LogP contribution in [0.5, 0.6) is 5.75 Å². The van der Waals surface area contributed by atoms with E-state index < -0.39 is 10.0 Å². The van der Waals surface area contributed by atoms with E-state index in [0.29, 0.717) is 55.5 Å². The number of benzene rings is 2. The zero-order chi connectivity index (χ0) is 22.6. The van der Waals surface area contributed by atoms with Gasteiger partial charge in [-0.1, -0.05) is 17.7 Å². The first-order chi connectivity index (χ1) is 14.7. The monoisotopic (exact) mass is 464 g/mol. The van der Waals surface area contributed by atoms with Gasteiger partial charge in [-0.05, 0) is 74.2 Å². The third-order valence-corrected chi connectivity index (χ3v) is 7.77. The lowest BCUT2D eigenvalue weighted by molar-refractivity contribution is -0.132. The Morgan fingerprint density at radius 2 is 1.68 bits per heavy atom. The van der Waals surface area contributed by atoms with Crippen LogP contribution < -0.4 is 4.74 Å². The van der Waals surface area contributed by atoms with Crippen LogP contribution in [0.15, 0.2) is 41.3 Å². The number of rotatable bonds is 7. The average molecular weight is 465 g/mol. The summed E-state index contributed by atoms with van der Waals surface area (Å²) in [7, 11) is -3.54. The molecule has 31 heavy (non-hydrogen) atoms. The molecule has 2 aromatic rings. The molecule has 3 rings (SSSR count). The van der Waals surface area contributed by atoms with E-state index in [0.717, 1.165) is 22.4 Å². The first-order valence-corrected chi connectivity index (χ1v) is 12.2. The van der Waals surface area contributed by atoms with Crippen molar-refractivity contribution in [2.75, 3.05) is 32.8 Å². The molecule has 1 fully saturated rings. The van der Waals surface area contributed by atoms with Crippen LogP contribution in [0, 0.1) is 20.8 Å². The molecule has 0 atom stereocenters. The Morgan fingerprint density at radius 1 is 0.968 bits per heavy atom. The molecule has 0 aliphatic carbocycles. The van der Waals surface area contributed by atoms with Gasteiger partial charge in [0.25, 0.3) is 0 Å². The van der Waals surface area contributed by atoms with E-state index in [9.17, 15) is 13.2 Å². The molecule has 1 heterocycles. The SMILES string of the molecule is Cc1ccc(S(=O)(=O)N2CCN(C(=O)CCCOc3ccc(Cl)cc3C)CC2)cc1C. The second-order valence-corrected chi connectivity index (χ2v) is 10.3. The second-order valence-electron chi connectivity index (χ2n) is 7.89. The van der Waals surface area contributed by atoms with Crippen LogP contribution in [0.25, 0.3) is 0 Å². The van der Waals surface area contributed by atoms with Crippen molar-refractivity contribution in [3.63, 3.8) is 0 Å². The van der Waals surface area contributed by atoms with Crippen LogP contribution >= 0.6 is 11.6 Å². The lowest BCUT2D eigenvalue weighted by atomic mass is 10.1. The number of carbonyl (C=O) groups excluding carboxylic acids is 1. The molecule has 168 valence electrons. The fourth-order valence-corrected chi connectivity index (χ4v) is 5.27. The van der Waals surface area contributed by atoms with Gasteiger partial charge >= 0.3 is 0 Å². The van der Waals surface area contributed by atoms with Crippen LogP contribution in [0.3, 0.4) is 0 Å². The van der Waals surface area contributed by atoms with Crippen molar-refractivity contribution >= 4 is 27.5 Å². The zero-order valence-corrected chi connectivity index (χ0v) is 19.8. The minimum atomic E-state index is -3.54.